The molecule has 0 atom stereocenters. The Hall–Kier alpha value is -0.0400. The molecule has 0 heterocycles. The second kappa shape index (κ2) is 8.96. The maximum atomic E-state index is 2.48. The molecule has 0 saturated carbocycles. The minimum absolute atomic E-state index is 0.535. The fourth-order valence-electron chi connectivity index (χ4n) is 2.66. The Morgan fingerprint density at radius 2 is 1.44 bits per heavy atom. The van der Waals surface area contributed by atoms with Crippen LogP contribution in [0.25, 0.3) is 0 Å². The molecule has 0 radical (unpaired) electrons. The average Bonchev–Trinajstić information content (AvgIpc) is 2.14. The van der Waals surface area contributed by atoms with Crippen LogP contribution in [-0.4, -0.2) is 25.0 Å². The summed E-state index contributed by atoms with van der Waals surface area (Å²) in [4.78, 5) is 2.48. The van der Waals surface area contributed by atoms with E-state index in [1.54, 1.807) is 0 Å². The van der Waals surface area contributed by atoms with Crippen molar-refractivity contribution in [2.75, 3.05) is 20.1 Å². The Labute approximate surface area is 116 Å². The first-order valence-electron chi connectivity index (χ1n) is 7.91. The quantitative estimate of drug-likeness (QED) is 0.518. The van der Waals surface area contributed by atoms with E-state index < -0.39 is 0 Å². The van der Waals surface area contributed by atoms with Gasteiger partial charge in [-0.15, -0.1) is 0 Å². The molecule has 0 bridgehead atoms. The largest absolute Gasteiger partial charge is 0.306 e. The summed E-state index contributed by atoms with van der Waals surface area (Å²) in [5.74, 6) is 1.65. The summed E-state index contributed by atoms with van der Waals surface area (Å²) >= 11 is 0. The third kappa shape index (κ3) is 11.1. The first-order chi connectivity index (χ1) is 8.23. The van der Waals surface area contributed by atoms with E-state index in [4.69, 9.17) is 0 Å². The van der Waals surface area contributed by atoms with Crippen LogP contribution in [0.2, 0.25) is 0 Å². The van der Waals surface area contributed by atoms with Gasteiger partial charge in [-0.1, -0.05) is 54.4 Å². The van der Waals surface area contributed by atoms with Crippen molar-refractivity contribution < 1.29 is 0 Å². The second-order valence-corrected chi connectivity index (χ2v) is 7.71. The summed E-state index contributed by atoms with van der Waals surface area (Å²) in [6.07, 6.45) is 6.88. The molecule has 0 rings (SSSR count). The Morgan fingerprint density at radius 1 is 0.889 bits per heavy atom. The van der Waals surface area contributed by atoms with Crippen LogP contribution in [-0.2, 0) is 0 Å². The van der Waals surface area contributed by atoms with Crippen LogP contribution < -0.4 is 0 Å². The van der Waals surface area contributed by atoms with Crippen molar-refractivity contribution in [3.05, 3.63) is 0 Å². The summed E-state index contributed by atoms with van der Waals surface area (Å²) in [5.41, 5.74) is 0.535. The molecule has 0 saturated heterocycles. The van der Waals surface area contributed by atoms with Crippen molar-refractivity contribution in [2.45, 2.75) is 73.6 Å². The van der Waals surface area contributed by atoms with E-state index in [9.17, 15) is 0 Å². The monoisotopic (exact) mass is 255 g/mol. The van der Waals surface area contributed by atoms with Crippen molar-refractivity contribution >= 4 is 0 Å². The molecule has 0 aliphatic rings. The van der Waals surface area contributed by atoms with Gasteiger partial charge < -0.3 is 4.90 Å². The highest BCUT2D eigenvalue weighted by Gasteiger charge is 2.17. The number of rotatable bonds is 10. The molecule has 18 heavy (non-hydrogen) atoms. The highest BCUT2D eigenvalue weighted by molar-refractivity contribution is 4.70. The second-order valence-electron chi connectivity index (χ2n) is 7.71. The van der Waals surface area contributed by atoms with Gasteiger partial charge in [0.05, 0.1) is 0 Å². The lowest BCUT2D eigenvalue weighted by molar-refractivity contribution is 0.240. The summed E-state index contributed by atoms with van der Waals surface area (Å²) in [7, 11) is 2.26. The van der Waals surface area contributed by atoms with E-state index >= 15 is 0 Å². The third-order valence-electron chi connectivity index (χ3n) is 3.71. The van der Waals surface area contributed by atoms with E-state index in [0.717, 1.165) is 11.8 Å². The summed E-state index contributed by atoms with van der Waals surface area (Å²) in [5, 5.41) is 0. The highest BCUT2D eigenvalue weighted by atomic mass is 15.1. The van der Waals surface area contributed by atoms with Gasteiger partial charge in [-0.2, -0.15) is 0 Å². The molecule has 1 heteroatoms. The van der Waals surface area contributed by atoms with Crippen LogP contribution in [0.5, 0.6) is 0 Å². The van der Waals surface area contributed by atoms with E-state index in [-0.39, 0.29) is 0 Å². The molecule has 0 unspecified atom stereocenters. The number of nitrogens with zero attached hydrogens (tertiary/aromatic N) is 1. The molecular formula is C17H37N. The van der Waals surface area contributed by atoms with Crippen LogP contribution in [0.1, 0.15) is 73.6 Å². The van der Waals surface area contributed by atoms with E-state index in [1.807, 2.05) is 0 Å². The van der Waals surface area contributed by atoms with Crippen molar-refractivity contribution in [3.63, 3.8) is 0 Å². The number of hydrogen-bond acceptors (Lipinski definition) is 1. The van der Waals surface area contributed by atoms with Gasteiger partial charge in [0, 0.05) is 6.54 Å². The first kappa shape index (κ1) is 18.0. The molecule has 110 valence electrons. The molecule has 0 aromatic carbocycles. The van der Waals surface area contributed by atoms with Gasteiger partial charge in [-0.3, -0.25) is 0 Å². The molecule has 1 nitrogen and oxygen atoms in total. The topological polar surface area (TPSA) is 3.24 Å². The van der Waals surface area contributed by atoms with Gasteiger partial charge in [0.15, 0.2) is 0 Å². The van der Waals surface area contributed by atoms with Gasteiger partial charge in [-0.25, -0.2) is 0 Å². The first-order valence-corrected chi connectivity index (χ1v) is 7.91. The Balaban J connectivity index is 3.69. The molecule has 0 fully saturated rings. The molecule has 0 spiro atoms. The Morgan fingerprint density at radius 3 is 1.94 bits per heavy atom. The van der Waals surface area contributed by atoms with Gasteiger partial charge in [-0.05, 0) is 50.1 Å². The van der Waals surface area contributed by atoms with Crippen LogP contribution in [0.3, 0.4) is 0 Å². The normalized spacial score (nSPS) is 13.0. The fourth-order valence-corrected chi connectivity index (χ4v) is 2.66. The average molecular weight is 255 g/mol. The molecule has 0 aliphatic carbocycles. The van der Waals surface area contributed by atoms with Gasteiger partial charge >= 0.3 is 0 Å². The lowest BCUT2D eigenvalue weighted by Crippen LogP contribution is -2.25. The minimum Gasteiger partial charge on any atom is -0.306 e. The maximum Gasteiger partial charge on any atom is 0.000133 e. The molecule has 0 N–H and O–H groups in total. The SMILES string of the molecule is CC(C)CCCC(C)(C)CCCN(C)CC(C)C. The molecule has 0 aromatic heterocycles. The van der Waals surface area contributed by atoms with Crippen molar-refractivity contribution in [1.29, 1.82) is 0 Å². The van der Waals surface area contributed by atoms with Crippen molar-refractivity contribution in [1.82, 2.24) is 4.90 Å². The fraction of sp³-hybridized carbons (Fsp3) is 1.00. The minimum atomic E-state index is 0.535. The Bertz CT molecular complexity index is 194. The van der Waals surface area contributed by atoms with Crippen LogP contribution in [0, 0.1) is 17.3 Å². The Kier molecular flexibility index (Phi) is 8.94. The number of hydrogen-bond donors (Lipinski definition) is 0. The molecule has 0 aromatic rings. The third-order valence-corrected chi connectivity index (χ3v) is 3.71. The zero-order valence-corrected chi connectivity index (χ0v) is 14.1. The van der Waals surface area contributed by atoms with Crippen LogP contribution in [0.15, 0.2) is 0 Å². The molecule has 0 amide bonds. The lowest BCUT2D eigenvalue weighted by atomic mass is 9.82. The van der Waals surface area contributed by atoms with Gasteiger partial charge in [0.25, 0.3) is 0 Å². The van der Waals surface area contributed by atoms with Gasteiger partial charge in [0.2, 0.25) is 0 Å². The summed E-state index contributed by atoms with van der Waals surface area (Å²) in [6, 6.07) is 0. The predicted molar refractivity (Wildman–Crippen MR) is 84.0 cm³/mol. The standard InChI is InChI=1S/C17H37N/c1-15(2)10-8-11-17(5,6)12-9-13-18(7)14-16(3)4/h15-16H,8-14H2,1-7H3. The van der Waals surface area contributed by atoms with Crippen molar-refractivity contribution in [2.24, 2.45) is 17.3 Å². The van der Waals surface area contributed by atoms with Crippen LogP contribution >= 0.6 is 0 Å². The van der Waals surface area contributed by atoms with Gasteiger partial charge in [0.1, 0.15) is 0 Å². The lowest BCUT2D eigenvalue weighted by Gasteiger charge is -2.27. The molecular weight excluding hydrogens is 218 g/mol. The highest BCUT2D eigenvalue weighted by Crippen LogP contribution is 2.29. The zero-order valence-electron chi connectivity index (χ0n) is 14.1. The van der Waals surface area contributed by atoms with Crippen LogP contribution in [0.4, 0.5) is 0 Å². The summed E-state index contributed by atoms with van der Waals surface area (Å²) < 4.78 is 0. The van der Waals surface area contributed by atoms with E-state index in [1.165, 1.54) is 45.2 Å². The van der Waals surface area contributed by atoms with E-state index in [0.29, 0.717) is 5.41 Å². The van der Waals surface area contributed by atoms with Crippen molar-refractivity contribution in [3.8, 4) is 0 Å². The predicted octanol–water partition coefficient (Wildman–Crippen LogP) is 5.21. The smallest absolute Gasteiger partial charge is 0.000133 e. The molecule has 0 aliphatic heterocycles. The zero-order chi connectivity index (χ0) is 14.2. The maximum absolute atomic E-state index is 2.48. The van der Waals surface area contributed by atoms with E-state index in [2.05, 4.69) is 53.5 Å². The summed E-state index contributed by atoms with van der Waals surface area (Å²) in [6.45, 7) is 16.6.